The summed E-state index contributed by atoms with van der Waals surface area (Å²) in [5, 5.41) is 23.8. The smallest absolute Gasteiger partial charge is 0.286 e. The van der Waals surface area contributed by atoms with Gasteiger partial charge in [0, 0.05) is 0 Å². The quantitative estimate of drug-likeness (QED) is 0.501. The van der Waals surface area contributed by atoms with E-state index >= 15 is 0 Å². The lowest BCUT2D eigenvalue weighted by atomic mass is 10.2. The number of nitrogens with zero attached hydrogens (tertiary/aromatic N) is 2. The normalized spacial score (nSPS) is 16.5. The van der Waals surface area contributed by atoms with E-state index < -0.39 is 0 Å². The second-order valence-corrected chi connectivity index (χ2v) is 6.60. The molecule has 1 saturated heterocycles. The summed E-state index contributed by atoms with van der Waals surface area (Å²) >= 11 is 6.37. The van der Waals surface area contributed by atoms with Crippen LogP contribution in [-0.2, 0) is 4.79 Å². The van der Waals surface area contributed by atoms with Crippen molar-refractivity contribution in [2.75, 3.05) is 0 Å². The van der Waals surface area contributed by atoms with E-state index in [1.165, 1.54) is 35.1 Å². The minimum atomic E-state index is -0.298. The Hall–Kier alpha value is -2.64. The Morgan fingerprint density at radius 1 is 0.958 bits per heavy atom. The fraction of sp³-hybridized carbons (Fsp3) is 0. The number of hydrogen-bond donors (Lipinski definition) is 2. The molecule has 1 aliphatic rings. The van der Waals surface area contributed by atoms with Crippen LogP contribution in [-0.4, -0.2) is 31.7 Å². The Morgan fingerprint density at radius 2 is 1.50 bits per heavy atom. The van der Waals surface area contributed by atoms with Crippen molar-refractivity contribution in [2.45, 2.75) is 0 Å². The summed E-state index contributed by atoms with van der Waals surface area (Å²) in [5.74, 6) is 0.0286. The van der Waals surface area contributed by atoms with Crippen LogP contribution in [0, 0.1) is 0 Å². The molecule has 1 amide bonds. The zero-order valence-electron chi connectivity index (χ0n) is 12.3. The molecule has 1 fully saturated rings. The van der Waals surface area contributed by atoms with Crippen LogP contribution in [0.25, 0.3) is 6.08 Å². The maximum atomic E-state index is 12.4. The highest BCUT2D eigenvalue weighted by atomic mass is 32.2. The Balaban J connectivity index is 1.78. The van der Waals surface area contributed by atoms with Crippen LogP contribution < -0.4 is 0 Å². The van der Waals surface area contributed by atoms with Gasteiger partial charge in [-0.2, -0.15) is 10.1 Å². The summed E-state index contributed by atoms with van der Waals surface area (Å²) in [5.41, 5.74) is 1.53. The second-order valence-electron chi connectivity index (χ2n) is 4.92. The van der Waals surface area contributed by atoms with Gasteiger partial charge in [0.15, 0.2) is 4.32 Å². The molecular formula is C17H12N2O3S2. The van der Waals surface area contributed by atoms with Gasteiger partial charge in [0.2, 0.25) is 0 Å². The Bertz CT molecular complexity index is 843. The van der Waals surface area contributed by atoms with Crippen LogP contribution in [0.3, 0.4) is 0 Å². The van der Waals surface area contributed by atoms with E-state index in [4.69, 9.17) is 12.2 Å². The molecule has 24 heavy (non-hydrogen) atoms. The number of hydrazone groups is 1. The minimum absolute atomic E-state index is 0.162. The van der Waals surface area contributed by atoms with Gasteiger partial charge in [-0.1, -0.05) is 23.9 Å². The topological polar surface area (TPSA) is 73.1 Å². The number of hydrogen-bond acceptors (Lipinski definition) is 6. The fourth-order valence-corrected chi connectivity index (χ4v) is 3.14. The number of amides is 1. The van der Waals surface area contributed by atoms with Gasteiger partial charge in [-0.3, -0.25) is 4.79 Å². The molecule has 0 saturated carbocycles. The predicted molar refractivity (Wildman–Crippen MR) is 98.8 cm³/mol. The molecule has 0 radical (unpaired) electrons. The SMILES string of the molecule is O=C1/C(=C/c2ccc(O)cc2)SC(=S)N1/N=C/c1ccc(O)cc1. The first-order chi connectivity index (χ1) is 11.5. The highest BCUT2D eigenvalue weighted by Gasteiger charge is 2.31. The van der Waals surface area contributed by atoms with E-state index in [-0.39, 0.29) is 17.4 Å². The zero-order chi connectivity index (χ0) is 17.1. The number of phenolic OH excluding ortho intramolecular Hbond substituents is 2. The second kappa shape index (κ2) is 6.86. The molecule has 3 rings (SSSR count). The molecule has 120 valence electrons. The first-order valence-corrected chi connectivity index (χ1v) is 8.15. The Labute approximate surface area is 147 Å². The third kappa shape index (κ3) is 3.64. The molecule has 2 aromatic rings. The number of rotatable bonds is 3. The number of benzene rings is 2. The zero-order valence-corrected chi connectivity index (χ0v) is 13.9. The molecule has 1 aliphatic heterocycles. The van der Waals surface area contributed by atoms with Crippen molar-refractivity contribution in [1.29, 1.82) is 0 Å². The van der Waals surface area contributed by atoms with E-state index in [0.717, 1.165) is 11.1 Å². The highest BCUT2D eigenvalue weighted by Crippen LogP contribution is 2.32. The summed E-state index contributed by atoms with van der Waals surface area (Å²) in [6, 6.07) is 13.0. The molecule has 0 bridgehead atoms. The molecule has 0 atom stereocenters. The lowest BCUT2D eigenvalue weighted by Gasteiger charge is -2.06. The predicted octanol–water partition coefficient (Wildman–Crippen LogP) is 3.33. The van der Waals surface area contributed by atoms with Gasteiger partial charge >= 0.3 is 0 Å². The molecule has 0 spiro atoms. The number of carbonyl (C=O) groups excluding carboxylic acids is 1. The largest absolute Gasteiger partial charge is 0.508 e. The van der Waals surface area contributed by atoms with E-state index in [2.05, 4.69) is 5.10 Å². The summed E-state index contributed by atoms with van der Waals surface area (Å²) in [6.45, 7) is 0. The molecule has 0 aromatic heterocycles. The lowest BCUT2D eigenvalue weighted by Crippen LogP contribution is -2.22. The molecule has 5 nitrogen and oxygen atoms in total. The van der Waals surface area contributed by atoms with Crippen LogP contribution in [0.2, 0.25) is 0 Å². The maximum Gasteiger partial charge on any atom is 0.286 e. The van der Waals surface area contributed by atoms with Gasteiger partial charge in [0.1, 0.15) is 11.5 Å². The van der Waals surface area contributed by atoms with Crippen molar-refractivity contribution in [2.24, 2.45) is 5.10 Å². The number of phenols is 2. The molecular weight excluding hydrogens is 344 g/mol. The maximum absolute atomic E-state index is 12.4. The molecule has 0 aliphatic carbocycles. The van der Waals surface area contributed by atoms with Crippen molar-refractivity contribution >= 4 is 46.5 Å². The lowest BCUT2D eigenvalue weighted by molar-refractivity contribution is -0.122. The number of thioether (sulfide) groups is 1. The van der Waals surface area contributed by atoms with E-state index in [1.807, 2.05) is 0 Å². The first kappa shape index (κ1) is 16.2. The monoisotopic (exact) mass is 356 g/mol. The van der Waals surface area contributed by atoms with E-state index in [0.29, 0.717) is 9.23 Å². The van der Waals surface area contributed by atoms with Crippen molar-refractivity contribution in [3.05, 3.63) is 64.6 Å². The molecule has 2 aromatic carbocycles. The number of thiocarbonyl (C=S) groups is 1. The summed E-state index contributed by atoms with van der Waals surface area (Å²) in [7, 11) is 0. The van der Waals surface area contributed by atoms with Crippen molar-refractivity contribution in [1.82, 2.24) is 5.01 Å². The van der Waals surface area contributed by atoms with Crippen LogP contribution >= 0.6 is 24.0 Å². The summed E-state index contributed by atoms with van der Waals surface area (Å²) in [4.78, 5) is 12.9. The highest BCUT2D eigenvalue weighted by molar-refractivity contribution is 8.26. The van der Waals surface area contributed by atoms with Gasteiger partial charge in [0.25, 0.3) is 5.91 Å². The molecule has 7 heteroatoms. The third-order valence-electron chi connectivity index (χ3n) is 3.18. The van der Waals surface area contributed by atoms with Gasteiger partial charge in [0.05, 0.1) is 11.1 Å². The van der Waals surface area contributed by atoms with Crippen molar-refractivity contribution in [3.8, 4) is 11.5 Å². The summed E-state index contributed by atoms with van der Waals surface area (Å²) < 4.78 is 0.347. The molecule has 1 heterocycles. The van der Waals surface area contributed by atoms with Crippen LogP contribution in [0.15, 0.2) is 58.5 Å². The van der Waals surface area contributed by atoms with E-state index in [1.54, 1.807) is 42.5 Å². The fourth-order valence-electron chi connectivity index (χ4n) is 1.97. The van der Waals surface area contributed by atoms with Crippen LogP contribution in [0.1, 0.15) is 11.1 Å². The standard InChI is InChI=1S/C17H12N2O3S2/c20-13-5-1-11(2-6-13)9-15-16(22)19(17(23)24-15)18-10-12-3-7-14(21)8-4-12/h1-10,20-21H/b15-9-,18-10+. The van der Waals surface area contributed by atoms with Gasteiger partial charge in [-0.25, -0.2) is 0 Å². The number of aromatic hydroxyl groups is 2. The average molecular weight is 356 g/mol. The van der Waals surface area contributed by atoms with Gasteiger partial charge in [-0.15, -0.1) is 0 Å². The third-order valence-corrected chi connectivity index (χ3v) is 4.46. The van der Waals surface area contributed by atoms with Gasteiger partial charge in [-0.05, 0) is 65.8 Å². The Morgan fingerprint density at radius 3 is 2.08 bits per heavy atom. The summed E-state index contributed by atoms with van der Waals surface area (Å²) in [6.07, 6.45) is 3.21. The Kier molecular flexibility index (Phi) is 4.64. The van der Waals surface area contributed by atoms with Crippen molar-refractivity contribution < 1.29 is 15.0 Å². The van der Waals surface area contributed by atoms with Gasteiger partial charge < -0.3 is 10.2 Å². The van der Waals surface area contributed by atoms with Crippen molar-refractivity contribution in [3.63, 3.8) is 0 Å². The molecule has 2 N–H and O–H groups in total. The van der Waals surface area contributed by atoms with Crippen LogP contribution in [0.5, 0.6) is 11.5 Å². The average Bonchev–Trinajstić information content (AvgIpc) is 2.83. The first-order valence-electron chi connectivity index (χ1n) is 6.93. The van der Waals surface area contributed by atoms with Crippen LogP contribution in [0.4, 0.5) is 0 Å². The molecule has 0 unspecified atom stereocenters. The minimum Gasteiger partial charge on any atom is -0.508 e. The van der Waals surface area contributed by atoms with E-state index in [9.17, 15) is 15.0 Å². The number of carbonyl (C=O) groups is 1.